The van der Waals surface area contributed by atoms with Crippen molar-refractivity contribution in [3.63, 3.8) is 0 Å². The second kappa shape index (κ2) is 7.72. The maximum absolute atomic E-state index is 5.54. The molecular weight excluding hydrogens is 354 g/mol. The first kappa shape index (κ1) is 17.5. The maximum Gasteiger partial charge on any atom is 0.203 e. The van der Waals surface area contributed by atoms with Crippen molar-refractivity contribution < 1.29 is 14.2 Å². The molecule has 0 N–H and O–H groups in total. The van der Waals surface area contributed by atoms with Crippen LogP contribution in [0.15, 0.2) is 47.8 Å². The van der Waals surface area contributed by atoms with E-state index in [-0.39, 0.29) is 0 Å². The molecule has 0 bridgehead atoms. The summed E-state index contributed by atoms with van der Waals surface area (Å²) in [6.45, 7) is 0.717. The molecule has 3 rings (SSSR count). The third-order valence-electron chi connectivity index (χ3n) is 3.93. The molecule has 0 aliphatic heterocycles. The second-order valence-electron chi connectivity index (χ2n) is 5.37. The van der Waals surface area contributed by atoms with E-state index in [1.54, 1.807) is 32.7 Å². The van der Waals surface area contributed by atoms with Gasteiger partial charge in [0.25, 0.3) is 0 Å². The molecule has 0 unspecified atom stereocenters. The highest BCUT2D eigenvalue weighted by Crippen LogP contribution is 2.41. The lowest BCUT2D eigenvalue weighted by Crippen LogP contribution is -2.02. The fourth-order valence-corrected chi connectivity index (χ4v) is 3.77. The predicted molar refractivity (Wildman–Crippen MR) is 104 cm³/mol. The summed E-state index contributed by atoms with van der Waals surface area (Å²) in [5.41, 5.74) is 3.20. The highest BCUT2D eigenvalue weighted by Gasteiger charge is 2.16. The molecule has 0 fully saturated rings. The van der Waals surface area contributed by atoms with Crippen LogP contribution in [0.2, 0.25) is 0 Å². The Morgan fingerprint density at radius 1 is 0.960 bits per heavy atom. The quantitative estimate of drug-likeness (QED) is 0.568. The molecule has 4 nitrogen and oxygen atoms in total. The smallest absolute Gasteiger partial charge is 0.203 e. The number of nitrogens with zero attached hydrogens (tertiary/aromatic N) is 1. The highest BCUT2D eigenvalue weighted by atomic mass is 32.1. The number of hydrogen-bond donors (Lipinski definition) is 0. The first-order valence-corrected chi connectivity index (χ1v) is 8.99. The van der Waals surface area contributed by atoms with Gasteiger partial charge >= 0.3 is 0 Å². The average Bonchev–Trinajstić information content (AvgIpc) is 3.01. The minimum Gasteiger partial charge on any atom is -0.493 e. The number of hydrogen-bond acceptors (Lipinski definition) is 5. The fraction of sp³-hybridized carbons (Fsp3) is 0.211. The molecule has 25 heavy (non-hydrogen) atoms. The molecule has 0 spiro atoms. The van der Waals surface area contributed by atoms with Crippen molar-refractivity contribution in [2.45, 2.75) is 6.54 Å². The van der Waals surface area contributed by atoms with Crippen molar-refractivity contribution in [3.8, 4) is 28.5 Å². The Bertz CT molecular complexity index is 891. The number of rotatable bonds is 6. The van der Waals surface area contributed by atoms with Crippen molar-refractivity contribution in [1.82, 2.24) is 4.57 Å². The average molecular weight is 373 g/mol. The minimum absolute atomic E-state index is 0.581. The van der Waals surface area contributed by atoms with E-state index in [1.165, 1.54) is 5.56 Å². The van der Waals surface area contributed by atoms with Gasteiger partial charge in [-0.1, -0.05) is 30.3 Å². The van der Waals surface area contributed by atoms with E-state index in [2.05, 4.69) is 22.1 Å². The number of methoxy groups -OCH3 is 3. The number of ether oxygens (including phenoxy) is 3. The van der Waals surface area contributed by atoms with Crippen LogP contribution in [-0.2, 0) is 6.54 Å². The van der Waals surface area contributed by atoms with Gasteiger partial charge < -0.3 is 18.8 Å². The van der Waals surface area contributed by atoms with Gasteiger partial charge in [-0.2, -0.15) is 0 Å². The lowest BCUT2D eigenvalue weighted by Gasteiger charge is -2.15. The van der Waals surface area contributed by atoms with E-state index >= 15 is 0 Å². The molecule has 0 aliphatic rings. The van der Waals surface area contributed by atoms with Gasteiger partial charge in [0.05, 0.1) is 27.0 Å². The highest BCUT2D eigenvalue weighted by molar-refractivity contribution is 7.73. The van der Waals surface area contributed by atoms with Crippen LogP contribution in [-0.4, -0.2) is 25.9 Å². The van der Waals surface area contributed by atoms with E-state index in [1.807, 2.05) is 30.3 Å². The molecule has 0 saturated heterocycles. The Morgan fingerprint density at radius 3 is 2.16 bits per heavy atom. The number of aromatic nitrogens is 1. The first-order chi connectivity index (χ1) is 12.2. The summed E-state index contributed by atoms with van der Waals surface area (Å²) in [5, 5.41) is 2.06. The van der Waals surface area contributed by atoms with E-state index in [0.717, 1.165) is 21.8 Å². The van der Waals surface area contributed by atoms with Gasteiger partial charge in [-0.25, -0.2) is 0 Å². The fourth-order valence-electron chi connectivity index (χ4n) is 2.70. The summed E-state index contributed by atoms with van der Waals surface area (Å²) >= 11 is 7.08. The van der Waals surface area contributed by atoms with Gasteiger partial charge in [0.15, 0.2) is 15.5 Å². The van der Waals surface area contributed by atoms with Gasteiger partial charge in [-0.05, 0) is 29.9 Å². The topological polar surface area (TPSA) is 32.6 Å². The van der Waals surface area contributed by atoms with Gasteiger partial charge in [-0.15, -0.1) is 11.3 Å². The Labute approximate surface area is 156 Å². The predicted octanol–water partition coefficient (Wildman–Crippen LogP) is 5.02. The molecule has 0 radical (unpaired) electrons. The van der Waals surface area contributed by atoms with E-state index < -0.39 is 0 Å². The monoisotopic (exact) mass is 373 g/mol. The third-order valence-corrected chi connectivity index (χ3v) is 5.20. The zero-order chi connectivity index (χ0) is 17.8. The van der Waals surface area contributed by atoms with Gasteiger partial charge in [0, 0.05) is 17.5 Å². The third kappa shape index (κ3) is 3.55. The van der Waals surface area contributed by atoms with Crippen LogP contribution in [0, 0.1) is 3.95 Å². The van der Waals surface area contributed by atoms with Crippen molar-refractivity contribution in [2.24, 2.45) is 0 Å². The Morgan fingerprint density at radius 2 is 1.60 bits per heavy atom. The zero-order valence-electron chi connectivity index (χ0n) is 14.3. The molecule has 3 aromatic rings. The maximum atomic E-state index is 5.54. The first-order valence-electron chi connectivity index (χ1n) is 7.70. The Balaban J connectivity index is 2.10. The SMILES string of the molecule is COc1cc(-c2csc(=S)n2Cc2ccccc2)cc(OC)c1OC. The lowest BCUT2D eigenvalue weighted by molar-refractivity contribution is 0.324. The lowest BCUT2D eigenvalue weighted by atomic mass is 10.1. The van der Waals surface area contributed by atoms with Crippen LogP contribution < -0.4 is 14.2 Å². The molecule has 0 amide bonds. The van der Waals surface area contributed by atoms with Crippen molar-refractivity contribution in [3.05, 3.63) is 57.4 Å². The van der Waals surface area contributed by atoms with Crippen LogP contribution >= 0.6 is 23.6 Å². The van der Waals surface area contributed by atoms with Crippen LogP contribution in [0.1, 0.15) is 5.56 Å². The summed E-state index contributed by atoms with van der Waals surface area (Å²) in [6.07, 6.45) is 0. The normalized spacial score (nSPS) is 10.5. The molecule has 6 heteroatoms. The molecular formula is C19H19NO3S2. The zero-order valence-corrected chi connectivity index (χ0v) is 15.9. The standard InChI is InChI=1S/C19H19NO3S2/c1-21-16-9-14(10-17(22-2)18(16)23-3)15-12-25-19(24)20(15)11-13-7-5-4-6-8-13/h4-10,12H,11H2,1-3H3. The van der Waals surface area contributed by atoms with E-state index in [9.17, 15) is 0 Å². The molecule has 1 heterocycles. The molecule has 1 aromatic heterocycles. The molecule has 130 valence electrons. The summed E-state index contributed by atoms with van der Waals surface area (Å²) in [7, 11) is 4.83. The summed E-state index contributed by atoms with van der Waals surface area (Å²) in [4.78, 5) is 0. The Kier molecular flexibility index (Phi) is 5.40. The van der Waals surface area contributed by atoms with Gasteiger partial charge in [-0.3, -0.25) is 0 Å². The largest absolute Gasteiger partial charge is 0.493 e. The van der Waals surface area contributed by atoms with Crippen LogP contribution in [0.4, 0.5) is 0 Å². The van der Waals surface area contributed by atoms with Crippen molar-refractivity contribution in [2.75, 3.05) is 21.3 Å². The summed E-state index contributed by atoms with van der Waals surface area (Å²) in [5.74, 6) is 1.83. The van der Waals surface area contributed by atoms with Gasteiger partial charge in [0.2, 0.25) is 5.75 Å². The van der Waals surface area contributed by atoms with E-state index in [4.69, 9.17) is 26.4 Å². The van der Waals surface area contributed by atoms with Gasteiger partial charge in [0.1, 0.15) is 0 Å². The second-order valence-corrected chi connectivity index (χ2v) is 6.88. The molecule has 0 aliphatic carbocycles. The number of benzene rings is 2. The molecule has 2 aromatic carbocycles. The van der Waals surface area contributed by atoms with Crippen molar-refractivity contribution >= 4 is 23.6 Å². The molecule has 0 atom stereocenters. The summed E-state index contributed by atoms with van der Waals surface area (Å²) in [6, 6.07) is 14.2. The summed E-state index contributed by atoms with van der Waals surface area (Å²) < 4.78 is 19.3. The van der Waals surface area contributed by atoms with Crippen LogP contribution in [0.5, 0.6) is 17.2 Å². The Hall–Kier alpha value is -2.31. The number of thiazole rings is 1. The minimum atomic E-state index is 0.581. The van der Waals surface area contributed by atoms with Crippen LogP contribution in [0.3, 0.4) is 0 Å². The van der Waals surface area contributed by atoms with Crippen molar-refractivity contribution in [1.29, 1.82) is 0 Å². The van der Waals surface area contributed by atoms with E-state index in [0.29, 0.717) is 17.2 Å². The van der Waals surface area contributed by atoms with Crippen LogP contribution in [0.25, 0.3) is 11.3 Å². The molecule has 0 saturated carbocycles.